The van der Waals surface area contributed by atoms with E-state index in [0.29, 0.717) is 47.5 Å². The molecule has 0 aromatic heterocycles. The molecule has 1 saturated heterocycles. The Morgan fingerprint density at radius 3 is 2.37 bits per heavy atom. The van der Waals surface area contributed by atoms with Gasteiger partial charge in [0.2, 0.25) is 5.91 Å². The Hall–Kier alpha value is -1.95. The third kappa shape index (κ3) is 3.43. The number of rotatable bonds is 3. The first-order valence-corrected chi connectivity index (χ1v) is 11.1. The summed E-state index contributed by atoms with van der Waals surface area (Å²) in [4.78, 5) is 13.5. The van der Waals surface area contributed by atoms with Crippen LogP contribution in [0.25, 0.3) is 0 Å². The third-order valence-electron chi connectivity index (χ3n) is 6.39. The van der Waals surface area contributed by atoms with Gasteiger partial charge in [-0.2, -0.15) is 0 Å². The molecule has 1 N–H and O–H groups in total. The summed E-state index contributed by atoms with van der Waals surface area (Å²) in [7, 11) is 0. The van der Waals surface area contributed by atoms with Crippen molar-refractivity contribution in [3.63, 3.8) is 0 Å². The standard InChI is InChI=1S/C23H23Cl2NO4/c24-15-3-5-17(18(25)13-15)22(9-11-28-12-10-22)21(27)26-16-4-6-19-20(14-16)30-23(29-19)7-1-2-8-23/h3-6,13-14H,1-2,7-12H2,(H,26,27). The molecule has 1 aliphatic carbocycles. The van der Waals surface area contributed by atoms with Crippen LogP contribution in [0.5, 0.6) is 11.5 Å². The first-order valence-electron chi connectivity index (χ1n) is 10.4. The number of anilines is 1. The third-order valence-corrected chi connectivity index (χ3v) is 6.93. The van der Waals surface area contributed by atoms with Gasteiger partial charge in [0.15, 0.2) is 11.5 Å². The Kier molecular flexibility index (Phi) is 5.08. The van der Waals surface area contributed by atoms with Crippen molar-refractivity contribution < 1.29 is 19.0 Å². The molecule has 3 aliphatic rings. The zero-order chi connectivity index (χ0) is 20.8. The number of benzene rings is 2. The maximum atomic E-state index is 13.5. The highest BCUT2D eigenvalue weighted by Gasteiger charge is 2.45. The second kappa shape index (κ2) is 7.63. The van der Waals surface area contributed by atoms with Crippen LogP contribution in [0.15, 0.2) is 36.4 Å². The summed E-state index contributed by atoms with van der Waals surface area (Å²) >= 11 is 12.6. The predicted octanol–water partition coefficient (Wildman–Crippen LogP) is 5.72. The molecular formula is C23H23Cl2NO4. The highest BCUT2D eigenvalue weighted by molar-refractivity contribution is 6.35. The monoisotopic (exact) mass is 447 g/mol. The minimum atomic E-state index is -0.775. The van der Waals surface area contributed by atoms with Gasteiger partial charge in [-0.05, 0) is 55.5 Å². The molecule has 5 nitrogen and oxygen atoms in total. The maximum absolute atomic E-state index is 13.5. The van der Waals surface area contributed by atoms with Crippen molar-refractivity contribution in [2.45, 2.75) is 49.7 Å². The molecule has 2 aromatic rings. The normalized spacial score (nSPS) is 21.0. The maximum Gasteiger partial charge on any atom is 0.251 e. The van der Waals surface area contributed by atoms with Crippen LogP contribution < -0.4 is 14.8 Å². The van der Waals surface area contributed by atoms with E-state index in [2.05, 4.69) is 5.32 Å². The van der Waals surface area contributed by atoms with Crippen LogP contribution in [-0.2, 0) is 14.9 Å². The van der Waals surface area contributed by atoms with E-state index in [4.69, 9.17) is 37.4 Å². The molecule has 7 heteroatoms. The number of ether oxygens (including phenoxy) is 3. The number of fused-ring (bicyclic) bond motifs is 1. The lowest BCUT2D eigenvalue weighted by atomic mass is 9.73. The molecule has 1 saturated carbocycles. The fourth-order valence-corrected chi connectivity index (χ4v) is 5.35. The SMILES string of the molecule is O=C(Nc1ccc2c(c1)OC1(CCCC1)O2)C1(c2ccc(Cl)cc2Cl)CCOCC1. The van der Waals surface area contributed by atoms with E-state index in [9.17, 15) is 4.79 Å². The fourth-order valence-electron chi connectivity index (χ4n) is 4.76. The molecule has 1 spiro atoms. The summed E-state index contributed by atoms with van der Waals surface area (Å²) in [5, 5.41) is 4.12. The minimum absolute atomic E-state index is 0.107. The minimum Gasteiger partial charge on any atom is -0.448 e. The molecule has 2 heterocycles. The van der Waals surface area contributed by atoms with Gasteiger partial charge in [0.25, 0.3) is 5.79 Å². The van der Waals surface area contributed by atoms with E-state index < -0.39 is 11.2 Å². The van der Waals surface area contributed by atoms with Crippen molar-refractivity contribution in [1.29, 1.82) is 0 Å². The number of carbonyl (C=O) groups excluding carboxylic acids is 1. The summed E-state index contributed by atoms with van der Waals surface area (Å²) in [6.45, 7) is 0.992. The van der Waals surface area contributed by atoms with Gasteiger partial charge in [-0.25, -0.2) is 0 Å². The van der Waals surface area contributed by atoms with Crippen molar-refractivity contribution >= 4 is 34.8 Å². The largest absolute Gasteiger partial charge is 0.448 e. The fraction of sp³-hybridized carbons (Fsp3) is 0.435. The van der Waals surface area contributed by atoms with Crippen LogP contribution in [0.1, 0.15) is 44.1 Å². The number of hydrogen-bond donors (Lipinski definition) is 1. The van der Waals surface area contributed by atoms with Gasteiger partial charge >= 0.3 is 0 Å². The van der Waals surface area contributed by atoms with Gasteiger partial charge in [-0.3, -0.25) is 4.79 Å². The Morgan fingerprint density at radius 1 is 0.900 bits per heavy atom. The Balaban J connectivity index is 1.42. The molecule has 0 atom stereocenters. The Labute approximate surface area is 185 Å². The molecule has 2 aliphatic heterocycles. The van der Waals surface area contributed by atoms with E-state index in [1.165, 1.54) is 0 Å². The molecule has 30 heavy (non-hydrogen) atoms. The summed E-state index contributed by atoms with van der Waals surface area (Å²) < 4.78 is 17.7. The zero-order valence-electron chi connectivity index (χ0n) is 16.5. The number of halogens is 2. The van der Waals surface area contributed by atoms with Gasteiger partial charge < -0.3 is 19.5 Å². The number of amides is 1. The molecule has 158 valence electrons. The van der Waals surface area contributed by atoms with Crippen molar-refractivity contribution in [2.75, 3.05) is 18.5 Å². The van der Waals surface area contributed by atoms with Gasteiger partial charge in [0.05, 0.1) is 5.41 Å². The summed E-state index contributed by atoms with van der Waals surface area (Å²) in [5.41, 5.74) is 0.677. The average molecular weight is 448 g/mol. The molecule has 2 fully saturated rings. The van der Waals surface area contributed by atoms with Crippen LogP contribution in [0, 0.1) is 0 Å². The quantitative estimate of drug-likeness (QED) is 0.653. The topological polar surface area (TPSA) is 56.8 Å². The molecule has 1 amide bonds. The van der Waals surface area contributed by atoms with Crippen LogP contribution in [0.4, 0.5) is 5.69 Å². The number of carbonyl (C=O) groups is 1. The highest BCUT2D eigenvalue weighted by Crippen LogP contribution is 2.48. The average Bonchev–Trinajstić information content (AvgIpc) is 3.34. The zero-order valence-corrected chi connectivity index (χ0v) is 18.0. The molecule has 0 unspecified atom stereocenters. The number of hydrogen-bond acceptors (Lipinski definition) is 4. The van der Waals surface area contributed by atoms with E-state index in [-0.39, 0.29) is 5.91 Å². The molecular weight excluding hydrogens is 425 g/mol. The van der Waals surface area contributed by atoms with Crippen LogP contribution in [-0.4, -0.2) is 24.9 Å². The Morgan fingerprint density at radius 2 is 1.63 bits per heavy atom. The molecule has 0 radical (unpaired) electrons. The van der Waals surface area contributed by atoms with Crippen molar-refractivity contribution in [3.8, 4) is 11.5 Å². The summed E-state index contributed by atoms with van der Waals surface area (Å²) in [6.07, 6.45) is 5.08. The smallest absolute Gasteiger partial charge is 0.251 e. The van der Waals surface area contributed by atoms with Crippen molar-refractivity contribution in [1.82, 2.24) is 0 Å². The van der Waals surface area contributed by atoms with Crippen molar-refractivity contribution in [2.24, 2.45) is 0 Å². The van der Waals surface area contributed by atoms with Gasteiger partial charge in [-0.15, -0.1) is 0 Å². The number of nitrogens with one attached hydrogen (secondary N) is 1. The van der Waals surface area contributed by atoms with Crippen LogP contribution in [0.3, 0.4) is 0 Å². The lowest BCUT2D eigenvalue weighted by Crippen LogP contribution is -2.45. The molecule has 2 aromatic carbocycles. The lowest BCUT2D eigenvalue weighted by Gasteiger charge is -2.36. The van der Waals surface area contributed by atoms with E-state index in [0.717, 1.165) is 37.0 Å². The van der Waals surface area contributed by atoms with Crippen molar-refractivity contribution in [3.05, 3.63) is 52.0 Å². The predicted molar refractivity (Wildman–Crippen MR) is 116 cm³/mol. The molecule has 0 bridgehead atoms. The highest BCUT2D eigenvalue weighted by atomic mass is 35.5. The van der Waals surface area contributed by atoms with E-state index in [1.54, 1.807) is 12.1 Å². The summed E-state index contributed by atoms with van der Waals surface area (Å²) in [5.74, 6) is 0.783. The van der Waals surface area contributed by atoms with E-state index >= 15 is 0 Å². The van der Waals surface area contributed by atoms with Gasteiger partial charge in [0, 0.05) is 47.9 Å². The second-order valence-electron chi connectivity index (χ2n) is 8.26. The van der Waals surface area contributed by atoms with Gasteiger partial charge in [0.1, 0.15) is 0 Å². The first kappa shape index (κ1) is 20.0. The second-order valence-corrected chi connectivity index (χ2v) is 9.10. The van der Waals surface area contributed by atoms with E-state index in [1.807, 2.05) is 24.3 Å². The van der Waals surface area contributed by atoms with Gasteiger partial charge in [-0.1, -0.05) is 29.3 Å². The summed E-state index contributed by atoms with van der Waals surface area (Å²) in [6, 6.07) is 10.9. The lowest BCUT2D eigenvalue weighted by molar-refractivity contribution is -0.125. The molecule has 5 rings (SSSR count). The Bertz CT molecular complexity index is 981. The van der Waals surface area contributed by atoms with Crippen LogP contribution >= 0.6 is 23.2 Å². The van der Waals surface area contributed by atoms with Crippen LogP contribution in [0.2, 0.25) is 10.0 Å². The first-order chi connectivity index (χ1) is 14.5.